The number of pyridine rings is 1. The van der Waals surface area contributed by atoms with Gasteiger partial charge in [-0.15, -0.1) is 10.2 Å². The van der Waals surface area contributed by atoms with Gasteiger partial charge in [0.05, 0.1) is 13.0 Å². The number of hydrogen-bond acceptors (Lipinski definition) is 6. The summed E-state index contributed by atoms with van der Waals surface area (Å²) < 4.78 is 5.03. The minimum Gasteiger partial charge on any atom is -0.480 e. The highest BCUT2D eigenvalue weighted by Crippen LogP contribution is 2.22. The van der Waals surface area contributed by atoms with E-state index in [1.807, 2.05) is 18.2 Å². The van der Waals surface area contributed by atoms with Crippen molar-refractivity contribution < 1.29 is 9.53 Å². The molecular weight excluding hydrogens is 306 g/mol. The molecule has 1 N–H and O–H groups in total. The number of ether oxygens (including phenoxy) is 1. The maximum atomic E-state index is 12.4. The molecule has 126 valence electrons. The smallest absolute Gasteiger partial charge is 0.233 e. The van der Waals surface area contributed by atoms with Gasteiger partial charge in [-0.25, -0.2) is 0 Å². The van der Waals surface area contributed by atoms with Crippen molar-refractivity contribution in [2.75, 3.05) is 25.1 Å². The summed E-state index contributed by atoms with van der Waals surface area (Å²) in [7, 11) is 1.56. The maximum absolute atomic E-state index is 12.4. The summed E-state index contributed by atoms with van der Waals surface area (Å²) in [6, 6.07) is 7.47. The number of carbonyl (C=O) groups excluding carboxylic acids is 1. The minimum atomic E-state index is -0.0375. The second-order valence-electron chi connectivity index (χ2n) is 5.79. The summed E-state index contributed by atoms with van der Waals surface area (Å²) in [6.45, 7) is 2.07. The Morgan fingerprint density at radius 1 is 1.29 bits per heavy atom. The first-order chi connectivity index (χ1) is 11.8. The minimum absolute atomic E-state index is 0.0375. The standard InChI is InChI=1S/C17H21N5O2/c1-24-16-5-4-15(20-21-16)22-10-2-3-14(12-22)17(23)19-11-13-6-8-18-9-7-13/h4-9,14H,2-3,10-12H2,1H3,(H,19,23)/t14-/m1/s1. The molecule has 1 amide bonds. The van der Waals surface area contributed by atoms with Crippen molar-refractivity contribution in [2.24, 2.45) is 5.92 Å². The molecule has 7 nitrogen and oxygen atoms in total. The zero-order chi connectivity index (χ0) is 16.8. The lowest BCUT2D eigenvalue weighted by Gasteiger charge is -2.32. The molecule has 0 bridgehead atoms. The number of amides is 1. The second kappa shape index (κ2) is 7.72. The van der Waals surface area contributed by atoms with Crippen LogP contribution in [-0.4, -0.2) is 41.3 Å². The van der Waals surface area contributed by atoms with Gasteiger partial charge in [-0.1, -0.05) is 0 Å². The predicted octanol–water partition coefficient (Wildman–Crippen LogP) is 1.41. The van der Waals surface area contributed by atoms with Crippen LogP contribution in [0.4, 0.5) is 5.82 Å². The Kier molecular flexibility index (Phi) is 5.20. The van der Waals surface area contributed by atoms with Crippen LogP contribution in [0.5, 0.6) is 5.88 Å². The van der Waals surface area contributed by atoms with E-state index in [4.69, 9.17) is 4.74 Å². The fourth-order valence-electron chi connectivity index (χ4n) is 2.82. The van der Waals surface area contributed by atoms with Crippen molar-refractivity contribution in [3.63, 3.8) is 0 Å². The van der Waals surface area contributed by atoms with Gasteiger partial charge < -0.3 is 15.0 Å². The van der Waals surface area contributed by atoms with E-state index in [2.05, 4.69) is 25.4 Å². The van der Waals surface area contributed by atoms with Crippen LogP contribution in [0.15, 0.2) is 36.7 Å². The molecule has 2 aromatic rings. The molecule has 0 unspecified atom stereocenters. The summed E-state index contributed by atoms with van der Waals surface area (Å²) in [5.74, 6) is 1.31. The lowest BCUT2D eigenvalue weighted by atomic mass is 9.97. The molecule has 1 atom stereocenters. The molecule has 1 aliphatic heterocycles. The van der Waals surface area contributed by atoms with E-state index in [0.717, 1.165) is 30.8 Å². The van der Waals surface area contributed by atoms with Crippen LogP contribution in [0, 0.1) is 5.92 Å². The summed E-state index contributed by atoms with van der Waals surface area (Å²) in [6.07, 6.45) is 5.31. The van der Waals surface area contributed by atoms with Gasteiger partial charge in [-0.05, 0) is 36.6 Å². The van der Waals surface area contributed by atoms with Gasteiger partial charge in [-0.2, -0.15) is 0 Å². The van der Waals surface area contributed by atoms with Crippen molar-refractivity contribution in [1.29, 1.82) is 0 Å². The monoisotopic (exact) mass is 327 g/mol. The van der Waals surface area contributed by atoms with E-state index in [9.17, 15) is 4.79 Å². The van der Waals surface area contributed by atoms with Gasteiger partial charge in [0.15, 0.2) is 5.82 Å². The molecule has 0 saturated carbocycles. The summed E-state index contributed by atoms with van der Waals surface area (Å²) in [5.41, 5.74) is 1.05. The molecule has 7 heteroatoms. The van der Waals surface area contributed by atoms with E-state index >= 15 is 0 Å². The van der Waals surface area contributed by atoms with Gasteiger partial charge in [0, 0.05) is 38.1 Å². The van der Waals surface area contributed by atoms with Gasteiger partial charge in [0.25, 0.3) is 0 Å². The first kappa shape index (κ1) is 16.2. The zero-order valence-corrected chi connectivity index (χ0v) is 13.7. The molecule has 1 aliphatic rings. The third-order valence-electron chi connectivity index (χ3n) is 4.17. The van der Waals surface area contributed by atoms with Crippen LogP contribution in [0.1, 0.15) is 18.4 Å². The SMILES string of the molecule is COc1ccc(N2CCC[C@@H](C(=O)NCc3ccncc3)C2)nn1. The Labute approximate surface area is 141 Å². The average Bonchev–Trinajstić information content (AvgIpc) is 2.67. The number of aromatic nitrogens is 3. The molecule has 0 radical (unpaired) electrons. The van der Waals surface area contributed by atoms with Gasteiger partial charge in [-0.3, -0.25) is 9.78 Å². The highest BCUT2D eigenvalue weighted by atomic mass is 16.5. The Hall–Kier alpha value is -2.70. The van der Waals surface area contributed by atoms with Crippen molar-refractivity contribution in [3.05, 3.63) is 42.2 Å². The van der Waals surface area contributed by atoms with E-state index in [1.54, 1.807) is 25.6 Å². The number of piperidine rings is 1. The van der Waals surface area contributed by atoms with Crippen LogP contribution in [0.2, 0.25) is 0 Å². The van der Waals surface area contributed by atoms with Gasteiger partial charge in [0.2, 0.25) is 11.8 Å². The van der Waals surface area contributed by atoms with E-state index in [0.29, 0.717) is 19.0 Å². The van der Waals surface area contributed by atoms with Crippen molar-refractivity contribution in [3.8, 4) is 5.88 Å². The van der Waals surface area contributed by atoms with E-state index in [-0.39, 0.29) is 11.8 Å². The fraction of sp³-hybridized carbons (Fsp3) is 0.412. The summed E-state index contributed by atoms with van der Waals surface area (Å²) >= 11 is 0. The van der Waals surface area contributed by atoms with Gasteiger partial charge in [0.1, 0.15) is 0 Å². The number of anilines is 1. The second-order valence-corrected chi connectivity index (χ2v) is 5.79. The van der Waals surface area contributed by atoms with Crippen LogP contribution in [-0.2, 0) is 11.3 Å². The van der Waals surface area contributed by atoms with E-state index in [1.165, 1.54) is 0 Å². The lowest BCUT2D eigenvalue weighted by molar-refractivity contribution is -0.125. The maximum Gasteiger partial charge on any atom is 0.233 e. The quantitative estimate of drug-likeness (QED) is 0.894. The number of carbonyl (C=O) groups is 1. The molecule has 0 aromatic carbocycles. The molecule has 1 fully saturated rings. The Morgan fingerprint density at radius 2 is 2.12 bits per heavy atom. The fourth-order valence-corrected chi connectivity index (χ4v) is 2.82. The van der Waals surface area contributed by atoms with Crippen LogP contribution < -0.4 is 15.0 Å². The highest BCUT2D eigenvalue weighted by molar-refractivity contribution is 5.79. The molecule has 24 heavy (non-hydrogen) atoms. The molecule has 0 aliphatic carbocycles. The zero-order valence-electron chi connectivity index (χ0n) is 13.7. The van der Waals surface area contributed by atoms with Crippen LogP contribution in [0.25, 0.3) is 0 Å². The number of hydrogen-bond donors (Lipinski definition) is 1. The van der Waals surface area contributed by atoms with Crippen LogP contribution in [0.3, 0.4) is 0 Å². The average molecular weight is 327 g/mol. The van der Waals surface area contributed by atoms with Gasteiger partial charge >= 0.3 is 0 Å². The first-order valence-corrected chi connectivity index (χ1v) is 8.05. The van der Waals surface area contributed by atoms with Crippen LogP contribution >= 0.6 is 0 Å². The van der Waals surface area contributed by atoms with Crippen molar-refractivity contribution in [2.45, 2.75) is 19.4 Å². The number of methoxy groups -OCH3 is 1. The summed E-state index contributed by atoms with van der Waals surface area (Å²) in [5, 5.41) is 11.2. The third kappa shape index (κ3) is 3.98. The summed E-state index contributed by atoms with van der Waals surface area (Å²) in [4.78, 5) is 18.5. The molecule has 1 saturated heterocycles. The lowest BCUT2D eigenvalue weighted by Crippen LogP contribution is -2.43. The third-order valence-corrected chi connectivity index (χ3v) is 4.17. The Bertz CT molecular complexity index is 662. The Balaban J connectivity index is 1.57. The topological polar surface area (TPSA) is 80.2 Å². The number of nitrogens with zero attached hydrogens (tertiary/aromatic N) is 4. The molecular formula is C17H21N5O2. The van der Waals surface area contributed by atoms with Crippen molar-refractivity contribution >= 4 is 11.7 Å². The first-order valence-electron chi connectivity index (χ1n) is 8.05. The largest absolute Gasteiger partial charge is 0.480 e. The molecule has 3 rings (SSSR count). The molecule has 2 aromatic heterocycles. The van der Waals surface area contributed by atoms with E-state index < -0.39 is 0 Å². The number of rotatable bonds is 5. The molecule has 3 heterocycles. The highest BCUT2D eigenvalue weighted by Gasteiger charge is 2.26. The molecule has 0 spiro atoms. The number of nitrogens with one attached hydrogen (secondary N) is 1. The van der Waals surface area contributed by atoms with Crippen molar-refractivity contribution in [1.82, 2.24) is 20.5 Å². The normalized spacial score (nSPS) is 17.4. The Morgan fingerprint density at radius 3 is 2.83 bits per heavy atom. The predicted molar refractivity (Wildman–Crippen MR) is 89.6 cm³/mol.